The molecule has 22 heavy (non-hydrogen) atoms. The lowest BCUT2D eigenvalue weighted by Crippen LogP contribution is -2.57. The number of nitrogens with zero attached hydrogens (tertiary/aromatic N) is 1. The summed E-state index contributed by atoms with van der Waals surface area (Å²) in [5.41, 5.74) is -1.14. The van der Waals surface area contributed by atoms with Crippen molar-refractivity contribution in [2.24, 2.45) is 5.41 Å². The second-order valence-electron chi connectivity index (χ2n) is 6.26. The van der Waals surface area contributed by atoms with Crippen molar-refractivity contribution in [3.63, 3.8) is 0 Å². The van der Waals surface area contributed by atoms with Crippen molar-refractivity contribution in [1.29, 1.82) is 0 Å². The van der Waals surface area contributed by atoms with Crippen molar-refractivity contribution in [3.8, 4) is 0 Å². The van der Waals surface area contributed by atoms with Crippen LogP contribution in [0.2, 0.25) is 0 Å². The van der Waals surface area contributed by atoms with Gasteiger partial charge in [0.05, 0.1) is 0 Å². The summed E-state index contributed by atoms with van der Waals surface area (Å²) in [5.74, 6) is -0.755. The Morgan fingerprint density at radius 2 is 1.91 bits per heavy atom. The molecule has 0 aromatic heterocycles. The zero-order valence-electron chi connectivity index (χ0n) is 12.4. The molecule has 3 rings (SSSR count). The van der Waals surface area contributed by atoms with E-state index in [0.717, 1.165) is 5.56 Å². The lowest BCUT2D eigenvalue weighted by Gasteiger charge is -2.41. The molecule has 0 unspecified atom stereocenters. The lowest BCUT2D eigenvalue weighted by atomic mass is 9.98. The SMILES string of the molecule is C[C@@H]1CN[C@@H](c2ccccc2)CN1C(=O)C1(C(F)(F)F)CC1. The van der Waals surface area contributed by atoms with E-state index in [4.69, 9.17) is 0 Å². The third-order valence-corrected chi connectivity index (χ3v) is 4.74. The third-order valence-electron chi connectivity index (χ3n) is 4.74. The molecular weight excluding hydrogens is 293 g/mol. The van der Waals surface area contributed by atoms with Gasteiger partial charge in [-0.25, -0.2) is 0 Å². The van der Waals surface area contributed by atoms with Crippen molar-refractivity contribution in [2.45, 2.75) is 38.0 Å². The summed E-state index contributed by atoms with van der Waals surface area (Å²) in [6.45, 7) is 2.57. The molecule has 6 heteroatoms. The van der Waals surface area contributed by atoms with Crippen LogP contribution >= 0.6 is 0 Å². The summed E-state index contributed by atoms with van der Waals surface area (Å²) in [4.78, 5) is 13.9. The quantitative estimate of drug-likeness (QED) is 0.911. The fourth-order valence-corrected chi connectivity index (χ4v) is 3.07. The molecule has 1 aliphatic heterocycles. The Bertz CT molecular complexity index is 554. The average Bonchev–Trinajstić information content (AvgIpc) is 3.29. The first-order valence-electron chi connectivity index (χ1n) is 7.51. The second kappa shape index (κ2) is 5.26. The topological polar surface area (TPSA) is 32.3 Å². The van der Waals surface area contributed by atoms with Crippen LogP contribution in [0.15, 0.2) is 30.3 Å². The van der Waals surface area contributed by atoms with Gasteiger partial charge in [0.2, 0.25) is 5.91 Å². The van der Waals surface area contributed by atoms with E-state index in [1.165, 1.54) is 4.90 Å². The minimum atomic E-state index is -4.45. The lowest BCUT2D eigenvalue weighted by molar-refractivity contribution is -0.200. The Morgan fingerprint density at radius 1 is 1.27 bits per heavy atom. The van der Waals surface area contributed by atoms with Crippen LogP contribution in [-0.4, -0.2) is 36.1 Å². The van der Waals surface area contributed by atoms with Gasteiger partial charge in [-0.1, -0.05) is 30.3 Å². The standard InChI is InChI=1S/C16H19F3N2O/c1-11-9-20-13(12-5-3-2-4-6-12)10-21(11)14(22)15(7-8-15)16(17,18)19/h2-6,11,13,20H,7-10H2,1H3/t11-,13-/m1/s1. The number of piperazine rings is 1. The first-order valence-corrected chi connectivity index (χ1v) is 7.51. The van der Waals surface area contributed by atoms with Gasteiger partial charge >= 0.3 is 6.18 Å². The number of nitrogens with one attached hydrogen (secondary N) is 1. The number of carbonyl (C=O) groups is 1. The molecule has 1 heterocycles. The van der Waals surface area contributed by atoms with Gasteiger partial charge in [-0.3, -0.25) is 4.79 Å². The maximum absolute atomic E-state index is 13.2. The summed E-state index contributed by atoms with van der Waals surface area (Å²) in [5, 5.41) is 3.31. The molecule has 0 spiro atoms. The first kappa shape index (κ1) is 15.3. The fraction of sp³-hybridized carbons (Fsp3) is 0.562. The highest BCUT2D eigenvalue weighted by Gasteiger charge is 2.69. The molecule has 0 bridgehead atoms. The Hall–Kier alpha value is -1.56. The molecule has 1 saturated carbocycles. The summed E-state index contributed by atoms with van der Waals surface area (Å²) in [7, 11) is 0. The zero-order chi connectivity index (χ0) is 16.0. The highest BCUT2D eigenvalue weighted by Crippen LogP contribution is 2.58. The maximum atomic E-state index is 13.2. The van der Waals surface area contributed by atoms with Crippen LogP contribution in [0.1, 0.15) is 31.4 Å². The predicted molar refractivity (Wildman–Crippen MR) is 76.1 cm³/mol. The van der Waals surface area contributed by atoms with Crippen molar-refractivity contribution in [3.05, 3.63) is 35.9 Å². The van der Waals surface area contributed by atoms with Gasteiger partial charge in [-0.15, -0.1) is 0 Å². The first-order chi connectivity index (χ1) is 10.3. The van der Waals surface area contributed by atoms with Crippen LogP contribution in [0.4, 0.5) is 13.2 Å². The second-order valence-corrected chi connectivity index (χ2v) is 6.26. The van der Waals surface area contributed by atoms with Crippen LogP contribution in [-0.2, 0) is 4.79 Å². The summed E-state index contributed by atoms with van der Waals surface area (Å²) in [6, 6.07) is 9.16. The maximum Gasteiger partial charge on any atom is 0.403 e. The van der Waals surface area contributed by atoms with Crippen molar-refractivity contribution in [1.82, 2.24) is 10.2 Å². The number of halogens is 3. The van der Waals surface area contributed by atoms with Crippen LogP contribution in [0.5, 0.6) is 0 Å². The van der Waals surface area contributed by atoms with E-state index in [2.05, 4.69) is 5.32 Å². The van der Waals surface area contributed by atoms with Crippen molar-refractivity contribution < 1.29 is 18.0 Å². The molecule has 2 atom stereocenters. The van der Waals surface area contributed by atoms with Gasteiger partial charge in [0, 0.05) is 25.2 Å². The molecule has 1 aromatic rings. The van der Waals surface area contributed by atoms with E-state index >= 15 is 0 Å². The number of hydrogen-bond acceptors (Lipinski definition) is 2. The predicted octanol–water partition coefficient (Wildman–Crippen LogP) is 2.89. The molecule has 1 aliphatic carbocycles. The highest BCUT2D eigenvalue weighted by atomic mass is 19.4. The molecule has 1 saturated heterocycles. The smallest absolute Gasteiger partial charge is 0.336 e. The number of benzene rings is 1. The van der Waals surface area contributed by atoms with E-state index in [9.17, 15) is 18.0 Å². The van der Waals surface area contributed by atoms with Gasteiger partial charge < -0.3 is 10.2 Å². The number of amides is 1. The molecule has 3 nitrogen and oxygen atoms in total. The Morgan fingerprint density at radius 3 is 2.45 bits per heavy atom. The van der Waals surface area contributed by atoms with Crippen LogP contribution in [0, 0.1) is 5.41 Å². The van der Waals surface area contributed by atoms with Crippen molar-refractivity contribution in [2.75, 3.05) is 13.1 Å². The number of hydrogen-bond donors (Lipinski definition) is 1. The molecule has 2 fully saturated rings. The van der Waals surface area contributed by atoms with Crippen LogP contribution in [0.3, 0.4) is 0 Å². The van der Waals surface area contributed by atoms with E-state index in [-0.39, 0.29) is 31.5 Å². The van der Waals surface area contributed by atoms with Crippen molar-refractivity contribution >= 4 is 5.91 Å². The molecule has 1 amide bonds. The summed E-state index contributed by atoms with van der Waals surface area (Å²) >= 11 is 0. The summed E-state index contributed by atoms with van der Waals surface area (Å²) in [6.07, 6.45) is -4.61. The minimum absolute atomic E-state index is 0.0814. The molecular formula is C16H19F3N2O. The third kappa shape index (κ3) is 2.49. The summed E-state index contributed by atoms with van der Waals surface area (Å²) < 4.78 is 39.6. The zero-order valence-corrected chi connectivity index (χ0v) is 12.4. The van der Waals surface area contributed by atoms with E-state index in [1.54, 1.807) is 6.92 Å². The highest BCUT2D eigenvalue weighted by molar-refractivity contribution is 5.86. The van der Waals surface area contributed by atoms with Gasteiger partial charge in [-0.05, 0) is 25.3 Å². The minimum Gasteiger partial charge on any atom is -0.336 e. The molecule has 0 radical (unpaired) electrons. The van der Waals surface area contributed by atoms with Crippen LogP contribution < -0.4 is 5.32 Å². The van der Waals surface area contributed by atoms with E-state index in [1.807, 2.05) is 30.3 Å². The van der Waals surface area contributed by atoms with Gasteiger partial charge in [0.1, 0.15) is 5.41 Å². The van der Waals surface area contributed by atoms with E-state index in [0.29, 0.717) is 6.54 Å². The fourth-order valence-electron chi connectivity index (χ4n) is 3.07. The molecule has 1 N–H and O–H groups in total. The Balaban J connectivity index is 1.79. The largest absolute Gasteiger partial charge is 0.403 e. The normalized spacial score (nSPS) is 27.5. The van der Waals surface area contributed by atoms with Gasteiger partial charge in [0.15, 0.2) is 0 Å². The molecule has 1 aromatic carbocycles. The molecule has 120 valence electrons. The average molecular weight is 312 g/mol. The van der Waals surface area contributed by atoms with Crippen LogP contribution in [0.25, 0.3) is 0 Å². The number of rotatable bonds is 2. The Labute approximate surface area is 127 Å². The Kier molecular flexibility index (Phi) is 3.67. The van der Waals surface area contributed by atoms with Gasteiger partial charge in [0.25, 0.3) is 0 Å². The number of alkyl halides is 3. The van der Waals surface area contributed by atoms with Gasteiger partial charge in [-0.2, -0.15) is 13.2 Å². The molecule has 2 aliphatic rings. The number of carbonyl (C=O) groups excluding carboxylic acids is 1. The monoisotopic (exact) mass is 312 g/mol. The van der Waals surface area contributed by atoms with E-state index < -0.39 is 17.5 Å².